The zero-order valence-corrected chi connectivity index (χ0v) is 11.4. The molecule has 0 spiro atoms. The molecule has 2 heterocycles. The predicted molar refractivity (Wildman–Crippen MR) is 70.0 cm³/mol. The molecule has 2 aromatic heterocycles. The van der Waals surface area contributed by atoms with Gasteiger partial charge in [-0.15, -0.1) is 24.5 Å². The summed E-state index contributed by atoms with van der Waals surface area (Å²) in [6.45, 7) is 2.59. The molecule has 0 atom stereocenters. The zero-order valence-electron chi connectivity index (χ0n) is 10.6. The van der Waals surface area contributed by atoms with Crippen molar-refractivity contribution in [2.45, 2.75) is 19.7 Å². The molecule has 2 rings (SSSR count). The van der Waals surface area contributed by atoms with Crippen molar-refractivity contribution in [2.75, 3.05) is 11.9 Å². The van der Waals surface area contributed by atoms with Gasteiger partial charge in [-0.2, -0.15) is 0 Å². The van der Waals surface area contributed by atoms with Crippen LogP contribution in [0.4, 0.5) is 19.0 Å². The van der Waals surface area contributed by atoms with Crippen molar-refractivity contribution in [3.63, 3.8) is 0 Å². The van der Waals surface area contributed by atoms with Crippen LogP contribution in [0.15, 0.2) is 24.5 Å². The maximum absolute atomic E-state index is 12.0. The van der Waals surface area contributed by atoms with Crippen LogP contribution in [0.5, 0.6) is 5.75 Å². The maximum atomic E-state index is 12.0. The highest BCUT2D eigenvalue weighted by molar-refractivity contribution is 7.11. The summed E-state index contributed by atoms with van der Waals surface area (Å²) >= 11 is 1.62. The second-order valence-electron chi connectivity index (χ2n) is 3.97. The number of halogens is 3. The molecule has 0 saturated heterocycles. The lowest BCUT2D eigenvalue weighted by Crippen LogP contribution is -2.17. The van der Waals surface area contributed by atoms with Gasteiger partial charge >= 0.3 is 6.36 Å². The third-order valence-electron chi connectivity index (χ3n) is 2.28. The van der Waals surface area contributed by atoms with Gasteiger partial charge in [-0.1, -0.05) is 0 Å². The van der Waals surface area contributed by atoms with Crippen LogP contribution in [-0.4, -0.2) is 22.9 Å². The number of ether oxygens (including phenoxy) is 1. The van der Waals surface area contributed by atoms with E-state index < -0.39 is 6.36 Å². The summed E-state index contributed by atoms with van der Waals surface area (Å²) in [4.78, 5) is 9.21. The molecule has 0 saturated carbocycles. The van der Waals surface area contributed by atoms with Gasteiger partial charge in [0.05, 0.1) is 11.2 Å². The Bertz CT molecular complexity index is 554. The summed E-state index contributed by atoms with van der Waals surface area (Å²) in [5, 5.41) is 4.02. The second-order valence-corrected chi connectivity index (χ2v) is 5.29. The van der Waals surface area contributed by atoms with Crippen LogP contribution in [0.2, 0.25) is 0 Å². The van der Waals surface area contributed by atoms with Crippen molar-refractivity contribution in [3.8, 4) is 5.75 Å². The number of alkyl halides is 3. The highest BCUT2D eigenvalue weighted by atomic mass is 32.1. The number of aryl methyl sites for hydroxylation is 1. The highest BCUT2D eigenvalue weighted by Crippen LogP contribution is 2.22. The fourth-order valence-electron chi connectivity index (χ4n) is 1.49. The Morgan fingerprint density at radius 2 is 2.05 bits per heavy atom. The standard InChI is InChI=1S/C12H12F3N3OS/c1-8-6-18-11(20-8)4-5-16-10-3-2-9(7-17-10)19-12(13,14)15/h2-3,6-7H,4-5H2,1H3,(H,16,17). The second kappa shape index (κ2) is 6.08. The van der Waals surface area contributed by atoms with E-state index >= 15 is 0 Å². The number of anilines is 1. The van der Waals surface area contributed by atoms with E-state index in [0.717, 1.165) is 22.5 Å². The number of rotatable bonds is 5. The molecule has 0 fully saturated rings. The lowest BCUT2D eigenvalue weighted by Gasteiger charge is -2.09. The van der Waals surface area contributed by atoms with E-state index in [1.54, 1.807) is 11.3 Å². The summed E-state index contributed by atoms with van der Waals surface area (Å²) in [5.41, 5.74) is 0. The Labute approximate surface area is 117 Å². The van der Waals surface area contributed by atoms with Crippen LogP contribution in [-0.2, 0) is 6.42 Å². The van der Waals surface area contributed by atoms with Crippen LogP contribution in [0.3, 0.4) is 0 Å². The first kappa shape index (κ1) is 14.6. The number of aromatic nitrogens is 2. The average Bonchev–Trinajstić information content (AvgIpc) is 2.75. The molecule has 0 aliphatic heterocycles. The number of nitrogens with one attached hydrogen (secondary N) is 1. The summed E-state index contributed by atoms with van der Waals surface area (Å²) in [6, 6.07) is 2.66. The normalized spacial score (nSPS) is 11.4. The number of hydrogen-bond donors (Lipinski definition) is 1. The lowest BCUT2D eigenvalue weighted by atomic mass is 10.4. The molecule has 1 N–H and O–H groups in total. The monoisotopic (exact) mass is 303 g/mol. The molecular weight excluding hydrogens is 291 g/mol. The maximum Gasteiger partial charge on any atom is 0.573 e. The molecule has 2 aromatic rings. The Morgan fingerprint density at radius 1 is 1.25 bits per heavy atom. The highest BCUT2D eigenvalue weighted by Gasteiger charge is 2.31. The van der Waals surface area contributed by atoms with Gasteiger partial charge in [-0.3, -0.25) is 0 Å². The fourth-order valence-corrected chi connectivity index (χ4v) is 2.28. The molecule has 20 heavy (non-hydrogen) atoms. The summed E-state index contributed by atoms with van der Waals surface area (Å²) in [5.74, 6) is 0.159. The van der Waals surface area contributed by atoms with Gasteiger partial charge in [0, 0.05) is 24.0 Å². The molecule has 0 amide bonds. The largest absolute Gasteiger partial charge is 0.573 e. The van der Waals surface area contributed by atoms with Gasteiger partial charge in [0.25, 0.3) is 0 Å². The van der Waals surface area contributed by atoms with Gasteiger partial charge < -0.3 is 10.1 Å². The Kier molecular flexibility index (Phi) is 4.43. The Hall–Kier alpha value is -1.83. The van der Waals surface area contributed by atoms with E-state index in [-0.39, 0.29) is 5.75 Å². The number of pyridine rings is 1. The molecule has 0 bridgehead atoms. The van der Waals surface area contributed by atoms with E-state index in [0.29, 0.717) is 12.4 Å². The first-order valence-electron chi connectivity index (χ1n) is 5.79. The molecule has 108 valence electrons. The van der Waals surface area contributed by atoms with E-state index in [9.17, 15) is 13.2 Å². The molecule has 0 aliphatic rings. The van der Waals surface area contributed by atoms with Crippen molar-refractivity contribution in [1.29, 1.82) is 0 Å². The van der Waals surface area contributed by atoms with Crippen LogP contribution >= 0.6 is 11.3 Å². The molecule has 8 heteroatoms. The molecule has 4 nitrogen and oxygen atoms in total. The van der Waals surface area contributed by atoms with Crippen molar-refractivity contribution in [3.05, 3.63) is 34.4 Å². The third-order valence-corrected chi connectivity index (χ3v) is 3.26. The van der Waals surface area contributed by atoms with Crippen LogP contribution in [0.25, 0.3) is 0 Å². The van der Waals surface area contributed by atoms with Gasteiger partial charge in [0.2, 0.25) is 0 Å². The Morgan fingerprint density at radius 3 is 2.60 bits per heavy atom. The van der Waals surface area contributed by atoms with Crippen LogP contribution in [0, 0.1) is 6.92 Å². The predicted octanol–water partition coefficient (Wildman–Crippen LogP) is 3.40. The molecular formula is C12H12F3N3OS. The number of hydrogen-bond acceptors (Lipinski definition) is 5. The molecule has 0 radical (unpaired) electrons. The van der Waals surface area contributed by atoms with E-state index in [1.807, 2.05) is 13.1 Å². The van der Waals surface area contributed by atoms with Crippen LogP contribution in [0.1, 0.15) is 9.88 Å². The van der Waals surface area contributed by atoms with Crippen LogP contribution < -0.4 is 10.1 Å². The van der Waals surface area contributed by atoms with Gasteiger partial charge in [0.1, 0.15) is 11.6 Å². The van der Waals surface area contributed by atoms with Gasteiger partial charge in [-0.05, 0) is 19.1 Å². The van der Waals surface area contributed by atoms with Crippen molar-refractivity contribution >= 4 is 17.2 Å². The van der Waals surface area contributed by atoms with Crippen molar-refractivity contribution in [2.24, 2.45) is 0 Å². The Balaban J connectivity index is 1.82. The summed E-state index contributed by atoms with van der Waals surface area (Å²) in [6.07, 6.45) is -1.12. The fraction of sp³-hybridized carbons (Fsp3) is 0.333. The quantitative estimate of drug-likeness (QED) is 0.919. The van der Waals surface area contributed by atoms with E-state index in [1.165, 1.54) is 12.1 Å². The summed E-state index contributed by atoms with van der Waals surface area (Å²) < 4.78 is 39.6. The topological polar surface area (TPSA) is 47.0 Å². The lowest BCUT2D eigenvalue weighted by molar-refractivity contribution is -0.274. The van der Waals surface area contributed by atoms with Gasteiger partial charge in [-0.25, -0.2) is 9.97 Å². The number of thiazole rings is 1. The smallest absolute Gasteiger partial charge is 0.404 e. The third kappa shape index (κ3) is 4.69. The minimum Gasteiger partial charge on any atom is -0.404 e. The molecule has 0 aliphatic carbocycles. The minimum atomic E-state index is -4.70. The molecule has 0 aromatic carbocycles. The summed E-state index contributed by atoms with van der Waals surface area (Å²) in [7, 11) is 0. The SMILES string of the molecule is Cc1cnc(CCNc2ccc(OC(F)(F)F)cn2)s1. The number of nitrogens with zero attached hydrogens (tertiary/aromatic N) is 2. The van der Waals surface area contributed by atoms with Crippen molar-refractivity contribution < 1.29 is 17.9 Å². The van der Waals surface area contributed by atoms with Gasteiger partial charge in [0.15, 0.2) is 0 Å². The first-order valence-corrected chi connectivity index (χ1v) is 6.61. The minimum absolute atomic E-state index is 0.335. The zero-order chi connectivity index (χ0) is 14.6. The van der Waals surface area contributed by atoms with Crippen molar-refractivity contribution in [1.82, 2.24) is 9.97 Å². The molecule has 0 unspecified atom stereocenters. The average molecular weight is 303 g/mol. The van der Waals surface area contributed by atoms with E-state index in [2.05, 4.69) is 20.0 Å². The van der Waals surface area contributed by atoms with E-state index in [4.69, 9.17) is 0 Å². The first-order chi connectivity index (χ1) is 9.42.